The first kappa shape index (κ1) is 11.2. The van der Waals surface area contributed by atoms with Gasteiger partial charge in [-0.05, 0) is 30.4 Å². The molecule has 1 aromatic carbocycles. The Labute approximate surface area is 97.3 Å². The smallest absolute Gasteiger partial charge is 0.222 e. The van der Waals surface area contributed by atoms with Crippen molar-refractivity contribution in [1.82, 2.24) is 4.90 Å². The molecule has 0 bridgehead atoms. The third kappa shape index (κ3) is 2.43. The minimum Gasteiger partial charge on any atom is -0.338 e. The van der Waals surface area contributed by atoms with Crippen LogP contribution in [0.2, 0.25) is 0 Å². The monoisotopic (exact) mass is 217 g/mol. The van der Waals surface area contributed by atoms with Crippen molar-refractivity contribution in [2.45, 2.75) is 39.2 Å². The van der Waals surface area contributed by atoms with E-state index in [0.29, 0.717) is 12.3 Å². The van der Waals surface area contributed by atoms with Gasteiger partial charge in [-0.1, -0.05) is 31.2 Å². The molecule has 0 fully saturated rings. The number of carbonyl (C=O) groups excluding carboxylic acids is 1. The van der Waals surface area contributed by atoms with Crippen molar-refractivity contribution in [3.8, 4) is 0 Å². The van der Waals surface area contributed by atoms with Crippen molar-refractivity contribution >= 4 is 5.91 Å². The highest BCUT2D eigenvalue weighted by atomic mass is 16.2. The van der Waals surface area contributed by atoms with E-state index in [1.54, 1.807) is 0 Å². The summed E-state index contributed by atoms with van der Waals surface area (Å²) < 4.78 is 0. The molecule has 0 saturated heterocycles. The van der Waals surface area contributed by atoms with Crippen LogP contribution in [0.3, 0.4) is 0 Å². The zero-order valence-electron chi connectivity index (χ0n) is 9.91. The molecule has 0 aliphatic carbocycles. The van der Waals surface area contributed by atoms with Crippen LogP contribution in [-0.4, -0.2) is 17.4 Å². The molecule has 2 heteroatoms. The molecule has 0 N–H and O–H groups in total. The van der Waals surface area contributed by atoms with Gasteiger partial charge in [-0.15, -0.1) is 0 Å². The molecule has 0 aromatic heterocycles. The van der Waals surface area contributed by atoms with E-state index in [9.17, 15) is 4.79 Å². The number of amides is 1. The Morgan fingerprint density at radius 3 is 2.81 bits per heavy atom. The Hall–Kier alpha value is -1.31. The van der Waals surface area contributed by atoms with Gasteiger partial charge in [0.1, 0.15) is 0 Å². The van der Waals surface area contributed by atoms with E-state index in [1.807, 2.05) is 4.90 Å². The quantitative estimate of drug-likeness (QED) is 0.746. The van der Waals surface area contributed by atoms with Crippen LogP contribution in [0.25, 0.3) is 0 Å². The minimum atomic E-state index is 0.305. The largest absolute Gasteiger partial charge is 0.338 e. The summed E-state index contributed by atoms with van der Waals surface area (Å²) >= 11 is 0. The van der Waals surface area contributed by atoms with Gasteiger partial charge >= 0.3 is 0 Å². The lowest BCUT2D eigenvalue weighted by Gasteiger charge is -2.20. The molecule has 0 radical (unpaired) electrons. The van der Waals surface area contributed by atoms with Crippen LogP contribution in [0, 0.1) is 0 Å². The Balaban J connectivity index is 2.13. The molecular weight excluding hydrogens is 198 g/mol. The zero-order chi connectivity index (χ0) is 11.4. The lowest BCUT2D eigenvalue weighted by atomic mass is 10.0. The van der Waals surface area contributed by atoms with Crippen LogP contribution >= 0.6 is 0 Å². The fraction of sp³-hybridized carbons (Fsp3) is 0.500. The molecule has 1 aliphatic heterocycles. The number of carbonyl (C=O) groups is 1. The van der Waals surface area contributed by atoms with Crippen LogP contribution in [0.1, 0.15) is 37.3 Å². The molecule has 0 saturated carbocycles. The zero-order valence-corrected chi connectivity index (χ0v) is 9.91. The van der Waals surface area contributed by atoms with E-state index < -0.39 is 0 Å². The average Bonchev–Trinajstić information content (AvgIpc) is 2.51. The first-order valence-electron chi connectivity index (χ1n) is 6.16. The first-order valence-corrected chi connectivity index (χ1v) is 6.16. The van der Waals surface area contributed by atoms with Crippen molar-refractivity contribution in [3.63, 3.8) is 0 Å². The second-order valence-electron chi connectivity index (χ2n) is 4.44. The minimum absolute atomic E-state index is 0.305. The molecule has 0 atom stereocenters. The van der Waals surface area contributed by atoms with Crippen LogP contribution in [-0.2, 0) is 17.8 Å². The lowest BCUT2D eigenvalue weighted by molar-refractivity contribution is -0.131. The van der Waals surface area contributed by atoms with Gasteiger partial charge in [0, 0.05) is 19.5 Å². The van der Waals surface area contributed by atoms with Gasteiger partial charge in [-0.2, -0.15) is 0 Å². The number of rotatable bonds is 2. The van der Waals surface area contributed by atoms with Crippen molar-refractivity contribution in [1.29, 1.82) is 0 Å². The molecule has 2 rings (SSSR count). The number of hydrogen-bond acceptors (Lipinski definition) is 1. The maximum Gasteiger partial charge on any atom is 0.222 e. The third-order valence-corrected chi connectivity index (χ3v) is 3.17. The van der Waals surface area contributed by atoms with Gasteiger partial charge in [0.15, 0.2) is 0 Å². The molecule has 0 spiro atoms. The highest BCUT2D eigenvalue weighted by Crippen LogP contribution is 2.18. The Kier molecular flexibility index (Phi) is 3.60. The van der Waals surface area contributed by atoms with E-state index in [4.69, 9.17) is 0 Å². The molecule has 1 aliphatic rings. The summed E-state index contributed by atoms with van der Waals surface area (Å²) in [5, 5.41) is 0. The van der Waals surface area contributed by atoms with Crippen molar-refractivity contribution < 1.29 is 4.79 Å². The van der Waals surface area contributed by atoms with E-state index >= 15 is 0 Å². The number of fused-ring (bicyclic) bond motifs is 1. The van der Waals surface area contributed by atoms with Crippen LogP contribution in [0.15, 0.2) is 24.3 Å². The topological polar surface area (TPSA) is 20.3 Å². The molecule has 1 amide bonds. The summed E-state index contributed by atoms with van der Waals surface area (Å²) in [6.45, 7) is 3.77. The van der Waals surface area contributed by atoms with Gasteiger partial charge in [-0.3, -0.25) is 4.79 Å². The van der Waals surface area contributed by atoms with Gasteiger partial charge in [-0.25, -0.2) is 0 Å². The van der Waals surface area contributed by atoms with Crippen molar-refractivity contribution in [2.75, 3.05) is 6.54 Å². The van der Waals surface area contributed by atoms with E-state index in [-0.39, 0.29) is 0 Å². The molecule has 1 aromatic rings. The fourth-order valence-corrected chi connectivity index (χ4v) is 2.29. The number of hydrogen-bond donors (Lipinski definition) is 0. The maximum absolute atomic E-state index is 11.9. The highest BCUT2D eigenvalue weighted by molar-refractivity contribution is 5.76. The van der Waals surface area contributed by atoms with E-state index in [0.717, 1.165) is 32.4 Å². The summed E-state index contributed by atoms with van der Waals surface area (Å²) in [6, 6.07) is 8.48. The Morgan fingerprint density at radius 1 is 1.31 bits per heavy atom. The van der Waals surface area contributed by atoms with Gasteiger partial charge < -0.3 is 4.90 Å². The van der Waals surface area contributed by atoms with Crippen LogP contribution in [0.5, 0.6) is 0 Å². The second-order valence-corrected chi connectivity index (χ2v) is 4.44. The van der Waals surface area contributed by atoms with Gasteiger partial charge in [0.2, 0.25) is 5.91 Å². The Bertz CT molecular complexity index is 373. The standard InChI is InChI=1S/C14H19NO/c1-2-6-14(16)15-10-5-9-12-7-3-4-8-13(12)11-15/h3-4,7-8H,2,5-6,9-11H2,1H3. The summed E-state index contributed by atoms with van der Waals surface area (Å²) in [5.41, 5.74) is 2.73. The second kappa shape index (κ2) is 5.15. The fourth-order valence-electron chi connectivity index (χ4n) is 2.29. The highest BCUT2D eigenvalue weighted by Gasteiger charge is 2.17. The Morgan fingerprint density at radius 2 is 2.06 bits per heavy atom. The maximum atomic E-state index is 11.9. The number of aryl methyl sites for hydroxylation is 1. The first-order chi connectivity index (χ1) is 7.81. The van der Waals surface area contributed by atoms with Gasteiger partial charge in [0.05, 0.1) is 0 Å². The van der Waals surface area contributed by atoms with Crippen molar-refractivity contribution in [2.24, 2.45) is 0 Å². The summed E-state index contributed by atoms with van der Waals surface area (Å²) in [5.74, 6) is 0.305. The van der Waals surface area contributed by atoms with Gasteiger partial charge in [0.25, 0.3) is 0 Å². The third-order valence-electron chi connectivity index (χ3n) is 3.17. The number of benzene rings is 1. The number of nitrogens with zero attached hydrogens (tertiary/aromatic N) is 1. The summed E-state index contributed by atoms with van der Waals surface area (Å²) in [4.78, 5) is 13.9. The molecule has 2 nitrogen and oxygen atoms in total. The SMILES string of the molecule is CCCC(=O)N1CCCc2ccccc2C1. The predicted molar refractivity (Wildman–Crippen MR) is 65.1 cm³/mol. The molecule has 86 valence electrons. The van der Waals surface area contributed by atoms with Crippen LogP contribution < -0.4 is 0 Å². The summed E-state index contributed by atoms with van der Waals surface area (Å²) in [7, 11) is 0. The predicted octanol–water partition coefficient (Wildman–Crippen LogP) is 2.76. The van der Waals surface area contributed by atoms with E-state index in [1.165, 1.54) is 11.1 Å². The summed E-state index contributed by atoms with van der Waals surface area (Å²) in [6.07, 6.45) is 3.82. The van der Waals surface area contributed by atoms with E-state index in [2.05, 4.69) is 31.2 Å². The molecule has 1 heterocycles. The van der Waals surface area contributed by atoms with Crippen LogP contribution in [0.4, 0.5) is 0 Å². The van der Waals surface area contributed by atoms with Crippen molar-refractivity contribution in [3.05, 3.63) is 35.4 Å². The normalized spacial score (nSPS) is 15.4. The molecule has 0 unspecified atom stereocenters. The lowest BCUT2D eigenvalue weighted by Crippen LogP contribution is -2.30. The average molecular weight is 217 g/mol. The molecule has 16 heavy (non-hydrogen) atoms. The molecular formula is C14H19NO.